The summed E-state index contributed by atoms with van der Waals surface area (Å²) in [6.45, 7) is 0. The molecule has 2 rings (SSSR count). The molecule has 0 aromatic carbocycles. The van der Waals surface area contributed by atoms with Crippen LogP contribution in [0.5, 0.6) is 0 Å². The lowest BCUT2D eigenvalue weighted by Crippen LogP contribution is -2.02. The highest BCUT2D eigenvalue weighted by molar-refractivity contribution is 6.29. The number of nitrogens with zero attached hydrogens (tertiary/aromatic N) is 2. The highest BCUT2D eigenvalue weighted by Crippen LogP contribution is 2.39. The predicted molar refractivity (Wildman–Crippen MR) is 44.7 cm³/mol. The van der Waals surface area contributed by atoms with Crippen molar-refractivity contribution in [2.24, 2.45) is 5.92 Å². The van der Waals surface area contributed by atoms with Gasteiger partial charge in [0.15, 0.2) is 0 Å². The van der Waals surface area contributed by atoms with Gasteiger partial charge in [0.25, 0.3) is 0 Å². The molecule has 1 unspecified atom stereocenters. The van der Waals surface area contributed by atoms with Crippen LogP contribution in [0.2, 0.25) is 5.15 Å². The van der Waals surface area contributed by atoms with Crippen molar-refractivity contribution in [3.05, 3.63) is 23.2 Å². The van der Waals surface area contributed by atoms with Crippen molar-refractivity contribution < 1.29 is 5.11 Å². The minimum Gasteiger partial charge on any atom is -0.386 e. The zero-order valence-corrected chi connectivity index (χ0v) is 7.20. The summed E-state index contributed by atoms with van der Waals surface area (Å²) in [5, 5.41) is 9.97. The number of aromatic nitrogens is 2. The molecular formula is C8H9ClN2O. The van der Waals surface area contributed by atoms with Crippen molar-refractivity contribution in [3.8, 4) is 0 Å². The van der Waals surface area contributed by atoms with Gasteiger partial charge in [0.2, 0.25) is 0 Å². The highest BCUT2D eigenvalue weighted by atomic mass is 35.5. The van der Waals surface area contributed by atoms with Gasteiger partial charge in [-0.3, -0.25) is 4.98 Å². The van der Waals surface area contributed by atoms with E-state index < -0.39 is 6.10 Å². The fraction of sp³-hybridized carbons (Fsp3) is 0.500. The summed E-state index contributed by atoms with van der Waals surface area (Å²) in [5.74, 6) is 0.389. The Labute approximate surface area is 75.4 Å². The van der Waals surface area contributed by atoms with Gasteiger partial charge in [-0.05, 0) is 18.8 Å². The van der Waals surface area contributed by atoms with Gasteiger partial charge >= 0.3 is 0 Å². The largest absolute Gasteiger partial charge is 0.386 e. The lowest BCUT2D eigenvalue weighted by atomic mass is 10.2. The Morgan fingerprint density at radius 2 is 2.17 bits per heavy atom. The first-order chi connectivity index (χ1) is 5.77. The Hall–Kier alpha value is -0.670. The third-order valence-corrected chi connectivity index (χ3v) is 2.21. The van der Waals surface area contributed by atoms with E-state index in [0.717, 1.165) is 12.8 Å². The summed E-state index contributed by atoms with van der Waals surface area (Å²) in [6.07, 6.45) is 4.72. The van der Waals surface area contributed by atoms with Crippen molar-refractivity contribution in [1.29, 1.82) is 0 Å². The van der Waals surface area contributed by atoms with E-state index in [4.69, 9.17) is 11.6 Å². The second-order valence-corrected chi connectivity index (χ2v) is 3.43. The molecule has 1 fully saturated rings. The van der Waals surface area contributed by atoms with Crippen LogP contribution in [0, 0.1) is 5.92 Å². The molecule has 0 saturated heterocycles. The maximum atomic E-state index is 9.61. The molecule has 1 aliphatic rings. The minimum absolute atomic E-state index is 0.363. The van der Waals surface area contributed by atoms with Gasteiger partial charge in [-0.2, -0.15) is 0 Å². The molecule has 0 aliphatic heterocycles. The number of halogens is 1. The van der Waals surface area contributed by atoms with Crippen LogP contribution in [-0.4, -0.2) is 15.1 Å². The third-order valence-electron chi connectivity index (χ3n) is 2.01. The summed E-state index contributed by atoms with van der Waals surface area (Å²) < 4.78 is 0. The topological polar surface area (TPSA) is 46.0 Å². The van der Waals surface area contributed by atoms with Gasteiger partial charge in [-0.15, -0.1) is 0 Å². The standard InChI is InChI=1S/C8H9ClN2O/c9-7-4-10-6(3-11-7)8(12)5-1-2-5/h3-5,8,12H,1-2H2. The summed E-state index contributed by atoms with van der Waals surface area (Å²) in [6, 6.07) is 0. The molecule has 1 heterocycles. The molecule has 0 bridgehead atoms. The van der Waals surface area contributed by atoms with Crippen molar-refractivity contribution in [2.45, 2.75) is 18.9 Å². The minimum atomic E-state index is -0.449. The molecule has 12 heavy (non-hydrogen) atoms. The van der Waals surface area contributed by atoms with E-state index in [1.54, 1.807) is 0 Å². The normalized spacial score (nSPS) is 19.2. The van der Waals surface area contributed by atoms with Crippen LogP contribution in [0.3, 0.4) is 0 Å². The molecule has 4 heteroatoms. The first-order valence-electron chi connectivity index (χ1n) is 3.93. The Bertz CT molecular complexity index is 271. The Balaban J connectivity index is 2.16. The predicted octanol–water partition coefficient (Wildman–Crippen LogP) is 1.57. The smallest absolute Gasteiger partial charge is 0.147 e. The van der Waals surface area contributed by atoms with Crippen LogP contribution in [-0.2, 0) is 0 Å². The van der Waals surface area contributed by atoms with Crippen LogP contribution < -0.4 is 0 Å². The summed E-state index contributed by atoms with van der Waals surface area (Å²) in [5.41, 5.74) is 0.627. The third kappa shape index (κ3) is 1.57. The quantitative estimate of drug-likeness (QED) is 0.759. The Morgan fingerprint density at radius 3 is 2.67 bits per heavy atom. The van der Waals surface area contributed by atoms with E-state index in [9.17, 15) is 5.11 Å². The van der Waals surface area contributed by atoms with Crippen molar-refractivity contribution in [1.82, 2.24) is 9.97 Å². The zero-order chi connectivity index (χ0) is 8.55. The van der Waals surface area contributed by atoms with Crippen LogP contribution in [0.1, 0.15) is 24.6 Å². The van der Waals surface area contributed by atoms with E-state index in [1.807, 2.05) is 0 Å². The monoisotopic (exact) mass is 184 g/mol. The van der Waals surface area contributed by atoms with Gasteiger partial charge in [0.1, 0.15) is 11.3 Å². The SMILES string of the molecule is OC(c1cnc(Cl)cn1)C1CC1. The first kappa shape index (κ1) is 7.95. The van der Waals surface area contributed by atoms with Crippen molar-refractivity contribution >= 4 is 11.6 Å². The molecular weight excluding hydrogens is 176 g/mol. The molecule has 0 spiro atoms. The first-order valence-corrected chi connectivity index (χ1v) is 4.30. The number of hydrogen-bond donors (Lipinski definition) is 1. The molecule has 1 aliphatic carbocycles. The van der Waals surface area contributed by atoms with Gasteiger partial charge in [-0.1, -0.05) is 11.6 Å². The van der Waals surface area contributed by atoms with Crippen molar-refractivity contribution in [3.63, 3.8) is 0 Å². The number of aliphatic hydroxyl groups is 1. The number of rotatable bonds is 2. The van der Waals surface area contributed by atoms with E-state index in [-0.39, 0.29) is 0 Å². The molecule has 3 nitrogen and oxygen atoms in total. The van der Waals surface area contributed by atoms with E-state index in [1.165, 1.54) is 12.4 Å². The lowest BCUT2D eigenvalue weighted by molar-refractivity contribution is 0.148. The van der Waals surface area contributed by atoms with Crippen LogP contribution in [0.4, 0.5) is 0 Å². The van der Waals surface area contributed by atoms with E-state index in [0.29, 0.717) is 16.8 Å². The van der Waals surface area contributed by atoms with Gasteiger partial charge in [-0.25, -0.2) is 4.98 Å². The molecule has 0 radical (unpaired) electrons. The Morgan fingerprint density at radius 1 is 1.42 bits per heavy atom. The van der Waals surface area contributed by atoms with Crippen LogP contribution >= 0.6 is 11.6 Å². The van der Waals surface area contributed by atoms with E-state index >= 15 is 0 Å². The van der Waals surface area contributed by atoms with Crippen molar-refractivity contribution in [2.75, 3.05) is 0 Å². The summed E-state index contributed by atoms with van der Waals surface area (Å²) >= 11 is 5.56. The molecule has 1 N–H and O–H groups in total. The summed E-state index contributed by atoms with van der Waals surface area (Å²) in [7, 11) is 0. The molecule has 1 aromatic rings. The fourth-order valence-corrected chi connectivity index (χ4v) is 1.23. The molecule has 1 atom stereocenters. The summed E-state index contributed by atoms with van der Waals surface area (Å²) in [4.78, 5) is 7.85. The average Bonchev–Trinajstić information content (AvgIpc) is 2.87. The van der Waals surface area contributed by atoms with Gasteiger partial charge < -0.3 is 5.11 Å². The maximum Gasteiger partial charge on any atom is 0.147 e. The second kappa shape index (κ2) is 2.99. The second-order valence-electron chi connectivity index (χ2n) is 3.05. The van der Waals surface area contributed by atoms with Crippen LogP contribution in [0.15, 0.2) is 12.4 Å². The molecule has 1 saturated carbocycles. The highest BCUT2D eigenvalue weighted by Gasteiger charge is 2.31. The fourth-order valence-electron chi connectivity index (χ4n) is 1.13. The number of hydrogen-bond acceptors (Lipinski definition) is 3. The van der Waals surface area contributed by atoms with Gasteiger partial charge in [0, 0.05) is 0 Å². The molecule has 64 valence electrons. The van der Waals surface area contributed by atoms with E-state index in [2.05, 4.69) is 9.97 Å². The van der Waals surface area contributed by atoms with Crippen LogP contribution in [0.25, 0.3) is 0 Å². The molecule has 1 aromatic heterocycles. The average molecular weight is 185 g/mol. The van der Waals surface area contributed by atoms with Gasteiger partial charge in [0.05, 0.1) is 18.1 Å². The zero-order valence-electron chi connectivity index (χ0n) is 6.44. The maximum absolute atomic E-state index is 9.61. The number of aliphatic hydroxyl groups excluding tert-OH is 1. The lowest BCUT2D eigenvalue weighted by Gasteiger charge is -2.06. The molecule has 0 amide bonds. The Kier molecular flexibility index (Phi) is 1.98.